The van der Waals surface area contributed by atoms with Crippen LogP contribution in [-0.2, 0) is 0 Å². The van der Waals surface area contributed by atoms with Crippen molar-refractivity contribution in [2.24, 2.45) is 0 Å². The summed E-state index contributed by atoms with van der Waals surface area (Å²) in [5, 5.41) is 14.1. The molecule has 16 heavy (non-hydrogen) atoms. The van der Waals surface area contributed by atoms with Crippen molar-refractivity contribution in [3.8, 4) is 0 Å². The Hall–Kier alpha value is -1.64. The Morgan fingerprint density at radius 3 is 2.62 bits per heavy atom. The van der Waals surface area contributed by atoms with Crippen molar-refractivity contribution < 1.29 is 0 Å². The van der Waals surface area contributed by atoms with Crippen molar-refractivity contribution in [1.82, 2.24) is 10.2 Å². The van der Waals surface area contributed by atoms with Crippen LogP contribution in [0, 0.1) is 6.92 Å². The number of fused-ring (bicyclic) bond motifs is 1. The Labute approximate surface area is 95.9 Å². The summed E-state index contributed by atoms with van der Waals surface area (Å²) < 4.78 is 0. The van der Waals surface area contributed by atoms with Crippen molar-refractivity contribution in [3.05, 3.63) is 30.0 Å². The van der Waals surface area contributed by atoms with Gasteiger partial charge in [0.1, 0.15) is 0 Å². The van der Waals surface area contributed by atoms with Crippen LogP contribution in [0.2, 0.25) is 0 Å². The van der Waals surface area contributed by atoms with Gasteiger partial charge in [-0.1, -0.05) is 37.6 Å². The van der Waals surface area contributed by atoms with E-state index in [0.29, 0.717) is 0 Å². The molecule has 0 aliphatic carbocycles. The number of rotatable bonds is 4. The molecule has 0 radical (unpaired) electrons. The first-order valence-corrected chi connectivity index (χ1v) is 5.79. The third-order valence-corrected chi connectivity index (χ3v) is 2.69. The maximum Gasteiger partial charge on any atom is 0.156 e. The lowest BCUT2D eigenvalue weighted by Gasteiger charge is -2.08. The third-order valence-electron chi connectivity index (χ3n) is 2.69. The standard InChI is InChI=1S/C13H17N3/c1-3-4-9-14-13-12-8-6-5-7-11(12)10(2)15-16-13/h5-8H,3-4,9H2,1-2H3,(H,14,16). The molecule has 1 aromatic heterocycles. The topological polar surface area (TPSA) is 37.8 Å². The van der Waals surface area contributed by atoms with Gasteiger partial charge in [0.05, 0.1) is 5.69 Å². The van der Waals surface area contributed by atoms with Crippen molar-refractivity contribution in [3.63, 3.8) is 0 Å². The molecule has 0 amide bonds. The van der Waals surface area contributed by atoms with Gasteiger partial charge in [-0.05, 0) is 13.3 Å². The average molecular weight is 215 g/mol. The van der Waals surface area contributed by atoms with E-state index in [9.17, 15) is 0 Å². The molecule has 0 spiro atoms. The van der Waals surface area contributed by atoms with Crippen molar-refractivity contribution >= 4 is 16.6 Å². The number of nitrogens with zero attached hydrogens (tertiary/aromatic N) is 2. The maximum atomic E-state index is 4.22. The third kappa shape index (κ3) is 2.13. The number of nitrogens with one attached hydrogen (secondary N) is 1. The second kappa shape index (κ2) is 4.92. The molecule has 84 valence electrons. The van der Waals surface area contributed by atoms with Gasteiger partial charge < -0.3 is 5.32 Å². The van der Waals surface area contributed by atoms with Crippen LogP contribution in [0.3, 0.4) is 0 Å². The Morgan fingerprint density at radius 1 is 1.12 bits per heavy atom. The predicted octanol–water partition coefficient (Wildman–Crippen LogP) is 3.15. The minimum Gasteiger partial charge on any atom is -0.368 e. The van der Waals surface area contributed by atoms with E-state index in [-0.39, 0.29) is 0 Å². The van der Waals surface area contributed by atoms with Crippen LogP contribution >= 0.6 is 0 Å². The molecule has 0 aliphatic heterocycles. The molecular weight excluding hydrogens is 198 g/mol. The molecule has 3 nitrogen and oxygen atoms in total. The van der Waals surface area contributed by atoms with Gasteiger partial charge in [-0.25, -0.2) is 0 Å². The monoisotopic (exact) mass is 215 g/mol. The summed E-state index contributed by atoms with van der Waals surface area (Å²) in [6.07, 6.45) is 2.34. The number of anilines is 1. The number of aromatic nitrogens is 2. The van der Waals surface area contributed by atoms with Crippen LogP contribution in [0.5, 0.6) is 0 Å². The fourth-order valence-electron chi connectivity index (χ4n) is 1.75. The molecule has 0 bridgehead atoms. The lowest BCUT2D eigenvalue weighted by Crippen LogP contribution is -2.05. The second-order valence-corrected chi connectivity index (χ2v) is 3.96. The van der Waals surface area contributed by atoms with E-state index < -0.39 is 0 Å². The number of unbranched alkanes of at least 4 members (excludes halogenated alkanes) is 1. The van der Waals surface area contributed by atoms with Gasteiger partial charge >= 0.3 is 0 Å². The molecule has 2 aromatic rings. The van der Waals surface area contributed by atoms with Gasteiger partial charge in [-0.2, -0.15) is 5.10 Å². The van der Waals surface area contributed by atoms with Gasteiger partial charge in [0.2, 0.25) is 0 Å². The van der Waals surface area contributed by atoms with Crippen LogP contribution < -0.4 is 5.32 Å². The average Bonchev–Trinajstić information content (AvgIpc) is 2.33. The zero-order valence-electron chi connectivity index (χ0n) is 9.83. The highest BCUT2D eigenvalue weighted by molar-refractivity contribution is 5.92. The maximum absolute atomic E-state index is 4.22. The van der Waals surface area contributed by atoms with E-state index in [1.165, 1.54) is 11.8 Å². The molecule has 0 aliphatic rings. The smallest absolute Gasteiger partial charge is 0.156 e. The highest BCUT2D eigenvalue weighted by atomic mass is 15.2. The van der Waals surface area contributed by atoms with E-state index in [2.05, 4.69) is 34.6 Å². The largest absolute Gasteiger partial charge is 0.368 e. The Morgan fingerprint density at radius 2 is 1.88 bits per heavy atom. The summed E-state index contributed by atoms with van der Waals surface area (Å²) in [6, 6.07) is 8.25. The van der Waals surface area contributed by atoms with Crippen molar-refractivity contribution in [1.29, 1.82) is 0 Å². The molecule has 2 rings (SSSR count). The lowest BCUT2D eigenvalue weighted by atomic mass is 10.1. The minimum absolute atomic E-state index is 0.898. The first kappa shape index (κ1) is 10.9. The summed E-state index contributed by atoms with van der Waals surface area (Å²) in [5.74, 6) is 0.898. The first-order valence-electron chi connectivity index (χ1n) is 5.79. The number of benzene rings is 1. The summed E-state index contributed by atoms with van der Waals surface area (Å²) in [7, 11) is 0. The van der Waals surface area contributed by atoms with Gasteiger partial charge in [0.15, 0.2) is 5.82 Å². The summed E-state index contributed by atoms with van der Waals surface area (Å²) in [5.41, 5.74) is 0.983. The molecule has 0 fully saturated rings. The number of hydrogen-bond acceptors (Lipinski definition) is 3. The molecule has 1 N–H and O–H groups in total. The SMILES string of the molecule is CCCCNc1nnc(C)c2ccccc12. The molecule has 3 heteroatoms. The summed E-state index contributed by atoms with van der Waals surface area (Å²) in [6.45, 7) is 5.13. The van der Waals surface area contributed by atoms with E-state index in [1.807, 2.05) is 19.1 Å². The number of aryl methyl sites for hydroxylation is 1. The van der Waals surface area contributed by atoms with Gasteiger partial charge in [-0.15, -0.1) is 5.10 Å². The molecule has 0 saturated heterocycles. The fraction of sp³-hybridized carbons (Fsp3) is 0.385. The first-order chi connectivity index (χ1) is 7.83. The van der Waals surface area contributed by atoms with Gasteiger partial charge in [0.25, 0.3) is 0 Å². The van der Waals surface area contributed by atoms with E-state index in [0.717, 1.165) is 29.9 Å². The van der Waals surface area contributed by atoms with E-state index in [1.54, 1.807) is 0 Å². The van der Waals surface area contributed by atoms with Crippen molar-refractivity contribution in [2.45, 2.75) is 26.7 Å². The lowest BCUT2D eigenvalue weighted by molar-refractivity contribution is 0.827. The van der Waals surface area contributed by atoms with Crippen LogP contribution in [0.15, 0.2) is 24.3 Å². The minimum atomic E-state index is 0.898. The zero-order valence-corrected chi connectivity index (χ0v) is 9.83. The number of hydrogen-bond donors (Lipinski definition) is 1. The van der Waals surface area contributed by atoms with Gasteiger partial charge in [-0.3, -0.25) is 0 Å². The van der Waals surface area contributed by atoms with Crippen LogP contribution in [0.25, 0.3) is 10.8 Å². The van der Waals surface area contributed by atoms with Crippen LogP contribution in [0.1, 0.15) is 25.5 Å². The van der Waals surface area contributed by atoms with E-state index in [4.69, 9.17) is 0 Å². The second-order valence-electron chi connectivity index (χ2n) is 3.96. The van der Waals surface area contributed by atoms with E-state index >= 15 is 0 Å². The summed E-state index contributed by atoms with van der Waals surface area (Å²) >= 11 is 0. The fourth-order valence-corrected chi connectivity index (χ4v) is 1.75. The molecule has 0 unspecified atom stereocenters. The Bertz CT molecular complexity index is 480. The molecular formula is C13H17N3. The molecule has 1 heterocycles. The van der Waals surface area contributed by atoms with Crippen LogP contribution in [0.4, 0.5) is 5.82 Å². The molecule has 0 saturated carbocycles. The van der Waals surface area contributed by atoms with Crippen LogP contribution in [-0.4, -0.2) is 16.7 Å². The quantitative estimate of drug-likeness (QED) is 0.796. The zero-order chi connectivity index (χ0) is 11.4. The highest BCUT2D eigenvalue weighted by Gasteiger charge is 2.04. The van der Waals surface area contributed by atoms with Crippen molar-refractivity contribution in [2.75, 3.05) is 11.9 Å². The van der Waals surface area contributed by atoms with Gasteiger partial charge in [0, 0.05) is 17.3 Å². The predicted molar refractivity (Wildman–Crippen MR) is 67.7 cm³/mol. The highest BCUT2D eigenvalue weighted by Crippen LogP contribution is 2.21. The molecule has 0 atom stereocenters. The molecule has 1 aromatic carbocycles. The Kier molecular flexibility index (Phi) is 3.34. The summed E-state index contributed by atoms with van der Waals surface area (Å²) in [4.78, 5) is 0. The Balaban J connectivity index is 2.35. The normalized spacial score (nSPS) is 10.6.